The first-order valence-electron chi connectivity index (χ1n) is 18.2. The molecule has 0 spiro atoms. The fourth-order valence-corrected chi connectivity index (χ4v) is 9.12. The topological polar surface area (TPSA) is 13.1 Å². The largest absolute Gasteiger partial charge is 0.455 e. The van der Waals surface area contributed by atoms with E-state index in [1.807, 2.05) is 0 Å². The van der Waals surface area contributed by atoms with E-state index in [4.69, 9.17) is 4.42 Å². The van der Waals surface area contributed by atoms with Gasteiger partial charge in [-0.2, -0.15) is 0 Å². The van der Waals surface area contributed by atoms with Crippen LogP contribution in [0.5, 0.6) is 0 Å². The van der Waals surface area contributed by atoms with E-state index in [1.165, 1.54) is 98.7 Å². The minimum Gasteiger partial charge on any atom is -0.455 e. The molecule has 1 heteroatoms. The van der Waals surface area contributed by atoms with Crippen molar-refractivity contribution < 1.29 is 4.42 Å². The molecule has 1 aliphatic rings. The third kappa shape index (κ3) is 4.11. The highest BCUT2D eigenvalue weighted by molar-refractivity contribution is 6.22. The summed E-state index contributed by atoms with van der Waals surface area (Å²) in [6.45, 7) is 4.67. The van der Waals surface area contributed by atoms with Crippen LogP contribution in [-0.4, -0.2) is 0 Å². The van der Waals surface area contributed by atoms with E-state index in [0.717, 1.165) is 11.2 Å². The van der Waals surface area contributed by atoms with Gasteiger partial charge >= 0.3 is 0 Å². The summed E-state index contributed by atoms with van der Waals surface area (Å²) in [7, 11) is 0. The lowest BCUT2D eigenvalue weighted by Gasteiger charge is -2.21. The summed E-state index contributed by atoms with van der Waals surface area (Å²) in [5, 5.41) is 9.94. The summed E-state index contributed by atoms with van der Waals surface area (Å²) in [4.78, 5) is 0. The van der Waals surface area contributed by atoms with Crippen LogP contribution in [0.2, 0.25) is 0 Å². The number of benzene rings is 9. The maximum Gasteiger partial charge on any atom is 0.143 e. The number of furan rings is 1. The van der Waals surface area contributed by atoms with Crippen molar-refractivity contribution in [2.75, 3.05) is 0 Å². The van der Waals surface area contributed by atoms with Crippen LogP contribution in [-0.2, 0) is 5.41 Å². The molecule has 0 aliphatic heterocycles. The smallest absolute Gasteiger partial charge is 0.143 e. The maximum atomic E-state index is 6.58. The van der Waals surface area contributed by atoms with Gasteiger partial charge in [-0.3, -0.25) is 0 Å². The second kappa shape index (κ2) is 10.8. The van der Waals surface area contributed by atoms with Crippen molar-refractivity contribution in [1.82, 2.24) is 0 Å². The highest BCUT2D eigenvalue weighted by Gasteiger charge is 2.38. The van der Waals surface area contributed by atoms with E-state index >= 15 is 0 Å². The summed E-state index contributed by atoms with van der Waals surface area (Å²) in [5.41, 5.74) is 14.4. The second-order valence-corrected chi connectivity index (χ2v) is 14.8. The van der Waals surface area contributed by atoms with Gasteiger partial charge in [-0.25, -0.2) is 0 Å². The summed E-state index contributed by atoms with van der Waals surface area (Å²) in [5.74, 6) is 0. The molecule has 11 rings (SSSR count). The summed E-state index contributed by atoms with van der Waals surface area (Å²) in [6.07, 6.45) is 0. The molecule has 1 aliphatic carbocycles. The fourth-order valence-electron chi connectivity index (χ4n) is 9.12. The Kier molecular flexibility index (Phi) is 6.08. The molecule has 0 N–H and O–H groups in total. The summed E-state index contributed by atoms with van der Waals surface area (Å²) < 4.78 is 6.58. The normalized spacial score (nSPS) is 13.3. The van der Waals surface area contributed by atoms with Crippen LogP contribution in [0.4, 0.5) is 0 Å². The van der Waals surface area contributed by atoms with Crippen molar-refractivity contribution in [3.8, 4) is 44.5 Å². The molecule has 0 saturated heterocycles. The predicted octanol–water partition coefficient (Wildman–Crippen LogP) is 14.4. The average Bonchev–Trinajstić information content (AvgIpc) is 3.68. The van der Waals surface area contributed by atoms with Crippen molar-refractivity contribution in [1.29, 1.82) is 0 Å². The number of hydrogen-bond donors (Lipinski definition) is 0. The molecule has 244 valence electrons. The van der Waals surface area contributed by atoms with Gasteiger partial charge in [0, 0.05) is 21.8 Å². The Morgan fingerprint density at radius 2 is 0.904 bits per heavy atom. The van der Waals surface area contributed by atoms with Crippen LogP contribution >= 0.6 is 0 Å². The van der Waals surface area contributed by atoms with Gasteiger partial charge in [0.1, 0.15) is 11.2 Å². The van der Waals surface area contributed by atoms with E-state index < -0.39 is 0 Å². The molecule has 52 heavy (non-hydrogen) atoms. The van der Waals surface area contributed by atoms with Gasteiger partial charge in [-0.15, -0.1) is 0 Å². The maximum absolute atomic E-state index is 6.58. The van der Waals surface area contributed by atoms with Crippen molar-refractivity contribution in [3.05, 3.63) is 181 Å². The average molecular weight is 663 g/mol. The van der Waals surface area contributed by atoms with E-state index in [0.29, 0.717) is 0 Å². The highest BCUT2D eigenvalue weighted by atomic mass is 16.3. The number of hydrogen-bond acceptors (Lipinski definition) is 1. The Hall–Kier alpha value is -6.44. The molecule has 1 aromatic heterocycles. The minimum absolute atomic E-state index is 0.110. The molecule has 0 atom stereocenters. The van der Waals surface area contributed by atoms with Gasteiger partial charge < -0.3 is 4.42 Å². The molecule has 0 fully saturated rings. The number of rotatable bonds is 3. The molecule has 0 amide bonds. The minimum atomic E-state index is -0.110. The standard InChI is InChI=1S/C51H34O/c1-51(2)44-27-25-35(30-43(44)49-45(51)28-26-42-37-13-9-10-18-46(37)52-50(42)49)32-19-22-33(23-20-32)47-38-14-5-7-16-40(38)48(41-17-8-6-15-39(41)47)36-24-21-31-11-3-4-12-34(31)29-36/h3-30H,1-2H3. The summed E-state index contributed by atoms with van der Waals surface area (Å²) >= 11 is 0. The molecule has 10 aromatic rings. The first-order chi connectivity index (χ1) is 25.5. The molecule has 0 bridgehead atoms. The monoisotopic (exact) mass is 662 g/mol. The molecule has 0 unspecified atom stereocenters. The molecule has 9 aromatic carbocycles. The third-order valence-corrected chi connectivity index (χ3v) is 11.7. The zero-order valence-electron chi connectivity index (χ0n) is 29.1. The summed E-state index contributed by atoms with van der Waals surface area (Å²) in [6, 6.07) is 62.4. The zero-order chi connectivity index (χ0) is 34.6. The van der Waals surface area contributed by atoms with Crippen LogP contribution in [0.3, 0.4) is 0 Å². The third-order valence-electron chi connectivity index (χ3n) is 11.7. The van der Waals surface area contributed by atoms with Crippen LogP contribution < -0.4 is 0 Å². The van der Waals surface area contributed by atoms with E-state index in [1.54, 1.807) is 0 Å². The molecular weight excluding hydrogens is 629 g/mol. The van der Waals surface area contributed by atoms with Crippen LogP contribution in [0.15, 0.2) is 174 Å². The fraction of sp³-hybridized carbons (Fsp3) is 0.0588. The SMILES string of the molecule is CC1(C)c2ccc(-c3ccc(-c4c5ccccc5c(-c5ccc6ccccc6c5)c5ccccc45)cc3)cc2-c2c1ccc1c2oc2ccccc21. The van der Waals surface area contributed by atoms with Crippen LogP contribution in [0, 0.1) is 0 Å². The Balaban J connectivity index is 1.06. The van der Waals surface area contributed by atoms with Gasteiger partial charge in [0.2, 0.25) is 0 Å². The van der Waals surface area contributed by atoms with Crippen LogP contribution in [0.25, 0.3) is 98.8 Å². The molecular formula is C51H34O. The first kappa shape index (κ1) is 29.3. The van der Waals surface area contributed by atoms with E-state index in [2.05, 4.69) is 184 Å². The molecule has 0 radical (unpaired) electrons. The lowest BCUT2D eigenvalue weighted by molar-refractivity contribution is 0.653. The van der Waals surface area contributed by atoms with Crippen molar-refractivity contribution in [3.63, 3.8) is 0 Å². The van der Waals surface area contributed by atoms with Gasteiger partial charge in [0.15, 0.2) is 0 Å². The van der Waals surface area contributed by atoms with Crippen molar-refractivity contribution in [2.45, 2.75) is 19.3 Å². The van der Waals surface area contributed by atoms with Crippen molar-refractivity contribution in [2.24, 2.45) is 0 Å². The Labute approximate surface area is 302 Å². The van der Waals surface area contributed by atoms with E-state index in [-0.39, 0.29) is 5.41 Å². The quantitative estimate of drug-likeness (QED) is 0.172. The number of para-hydroxylation sites is 1. The van der Waals surface area contributed by atoms with Gasteiger partial charge in [-0.1, -0.05) is 166 Å². The Bertz CT molecular complexity index is 3030. The van der Waals surface area contributed by atoms with Gasteiger partial charge in [-0.05, 0) is 101 Å². The van der Waals surface area contributed by atoms with Crippen molar-refractivity contribution >= 4 is 54.3 Å². The predicted molar refractivity (Wildman–Crippen MR) is 220 cm³/mol. The second-order valence-electron chi connectivity index (χ2n) is 14.8. The first-order valence-corrected chi connectivity index (χ1v) is 18.2. The van der Waals surface area contributed by atoms with Gasteiger partial charge in [0.05, 0.1) is 0 Å². The van der Waals surface area contributed by atoms with Crippen LogP contribution in [0.1, 0.15) is 25.0 Å². The van der Waals surface area contributed by atoms with E-state index in [9.17, 15) is 0 Å². The zero-order valence-corrected chi connectivity index (χ0v) is 29.1. The van der Waals surface area contributed by atoms with Gasteiger partial charge in [0.25, 0.3) is 0 Å². The molecule has 0 saturated carbocycles. The lowest BCUT2D eigenvalue weighted by Crippen LogP contribution is -2.14. The molecule has 1 nitrogen and oxygen atoms in total. The Morgan fingerprint density at radius 1 is 0.365 bits per heavy atom. The highest BCUT2D eigenvalue weighted by Crippen LogP contribution is 2.53. The molecule has 1 heterocycles. The Morgan fingerprint density at radius 3 is 1.62 bits per heavy atom. The lowest BCUT2D eigenvalue weighted by atomic mass is 9.82. The number of fused-ring (bicyclic) bond motifs is 10.